The van der Waals surface area contributed by atoms with E-state index >= 15 is 0 Å². The fraction of sp³-hybridized carbons (Fsp3) is 0.400. The van der Waals surface area contributed by atoms with E-state index < -0.39 is 7.12 Å². The van der Waals surface area contributed by atoms with Crippen LogP contribution in [-0.2, 0) is 15.7 Å². The Bertz CT molecular complexity index is 768. The first-order valence-corrected chi connectivity index (χ1v) is 8.58. The minimum absolute atomic E-state index is 0.0542. The molecule has 3 rings (SSSR count). The molecule has 0 aliphatic carbocycles. The number of aryl methyl sites for hydroxylation is 1. The number of nitrogens with zero attached hydrogens (tertiary/aromatic N) is 1. The summed E-state index contributed by atoms with van der Waals surface area (Å²) in [4.78, 5) is 16.7. The summed E-state index contributed by atoms with van der Waals surface area (Å²) in [6.07, 6.45) is 1.97. The SMILES string of the molecule is Cc1ccc(C(=O)Cc2cccc(B3OC(C)(C)C(C)(C)O3)c2)cn1. The van der Waals surface area contributed by atoms with Crippen molar-refractivity contribution >= 4 is 18.4 Å². The van der Waals surface area contributed by atoms with Crippen molar-refractivity contribution in [3.8, 4) is 0 Å². The van der Waals surface area contributed by atoms with Crippen LogP contribution in [0.3, 0.4) is 0 Å². The van der Waals surface area contributed by atoms with Crippen LogP contribution in [0.25, 0.3) is 0 Å². The van der Waals surface area contributed by atoms with Crippen LogP contribution in [0, 0.1) is 6.92 Å². The molecule has 0 N–H and O–H groups in total. The number of hydrogen-bond acceptors (Lipinski definition) is 4. The zero-order chi connectivity index (χ0) is 18.2. The van der Waals surface area contributed by atoms with Crippen LogP contribution in [0.5, 0.6) is 0 Å². The fourth-order valence-corrected chi connectivity index (χ4v) is 2.75. The van der Waals surface area contributed by atoms with Crippen LogP contribution < -0.4 is 5.46 Å². The first kappa shape index (κ1) is 17.8. The summed E-state index contributed by atoms with van der Waals surface area (Å²) in [6.45, 7) is 10.0. The molecule has 0 atom stereocenters. The molecule has 1 aromatic carbocycles. The van der Waals surface area contributed by atoms with Crippen LogP contribution in [0.4, 0.5) is 0 Å². The van der Waals surface area contributed by atoms with Crippen LogP contribution in [0.15, 0.2) is 42.6 Å². The molecule has 1 aliphatic rings. The van der Waals surface area contributed by atoms with Gasteiger partial charge in [-0.05, 0) is 57.8 Å². The maximum absolute atomic E-state index is 12.5. The summed E-state index contributed by atoms with van der Waals surface area (Å²) in [5.41, 5.74) is 2.66. The summed E-state index contributed by atoms with van der Waals surface area (Å²) in [7, 11) is -0.416. The topological polar surface area (TPSA) is 48.4 Å². The second-order valence-corrected chi connectivity index (χ2v) is 7.62. The highest BCUT2D eigenvalue weighted by Gasteiger charge is 2.51. The van der Waals surface area contributed by atoms with Gasteiger partial charge in [0.15, 0.2) is 5.78 Å². The standard InChI is InChI=1S/C20H24BNO3/c1-14-9-10-16(13-22-14)18(23)12-15-7-6-8-17(11-15)21-24-19(2,3)20(4,5)25-21/h6-11,13H,12H2,1-5H3. The molecule has 1 aromatic heterocycles. The molecule has 2 heterocycles. The van der Waals surface area contributed by atoms with E-state index in [1.165, 1.54) is 0 Å². The van der Waals surface area contributed by atoms with Gasteiger partial charge in [-0.2, -0.15) is 0 Å². The molecule has 0 amide bonds. The van der Waals surface area contributed by atoms with Gasteiger partial charge in [-0.1, -0.05) is 24.3 Å². The number of pyridine rings is 1. The highest BCUT2D eigenvalue weighted by molar-refractivity contribution is 6.62. The Morgan fingerprint density at radius 2 is 1.76 bits per heavy atom. The van der Waals surface area contributed by atoms with E-state index in [2.05, 4.69) is 4.98 Å². The lowest BCUT2D eigenvalue weighted by molar-refractivity contribution is 0.00578. The maximum atomic E-state index is 12.5. The van der Waals surface area contributed by atoms with Crippen molar-refractivity contribution in [2.45, 2.75) is 52.2 Å². The van der Waals surface area contributed by atoms with Gasteiger partial charge in [-0.15, -0.1) is 0 Å². The lowest BCUT2D eigenvalue weighted by Crippen LogP contribution is -2.41. The molecule has 25 heavy (non-hydrogen) atoms. The quantitative estimate of drug-likeness (QED) is 0.635. The molecule has 130 valence electrons. The second-order valence-electron chi connectivity index (χ2n) is 7.62. The molecular formula is C20H24BNO3. The summed E-state index contributed by atoms with van der Waals surface area (Å²) in [5, 5.41) is 0. The van der Waals surface area contributed by atoms with E-state index in [0.717, 1.165) is 16.7 Å². The van der Waals surface area contributed by atoms with Gasteiger partial charge in [0.2, 0.25) is 0 Å². The minimum Gasteiger partial charge on any atom is -0.399 e. The van der Waals surface area contributed by atoms with Gasteiger partial charge in [-0.25, -0.2) is 0 Å². The second kappa shape index (κ2) is 6.39. The van der Waals surface area contributed by atoms with Crippen LogP contribution in [0.2, 0.25) is 0 Å². The predicted molar refractivity (Wildman–Crippen MR) is 99.2 cm³/mol. The third-order valence-corrected chi connectivity index (χ3v) is 5.07. The largest absolute Gasteiger partial charge is 0.494 e. The van der Waals surface area contributed by atoms with E-state index in [1.54, 1.807) is 6.20 Å². The number of carbonyl (C=O) groups is 1. The summed E-state index contributed by atoms with van der Waals surface area (Å²) >= 11 is 0. The summed E-state index contributed by atoms with van der Waals surface area (Å²) in [5.74, 6) is 0.0542. The summed E-state index contributed by atoms with van der Waals surface area (Å²) < 4.78 is 12.2. The van der Waals surface area contributed by atoms with Crippen LogP contribution >= 0.6 is 0 Å². The smallest absolute Gasteiger partial charge is 0.399 e. The molecule has 0 radical (unpaired) electrons. The average Bonchev–Trinajstić information content (AvgIpc) is 2.76. The van der Waals surface area contributed by atoms with E-state index in [0.29, 0.717) is 12.0 Å². The first-order valence-electron chi connectivity index (χ1n) is 8.58. The number of aromatic nitrogens is 1. The maximum Gasteiger partial charge on any atom is 0.494 e. The van der Waals surface area contributed by atoms with Crippen molar-refractivity contribution in [2.75, 3.05) is 0 Å². The average molecular weight is 337 g/mol. The number of ketones is 1. The zero-order valence-corrected chi connectivity index (χ0v) is 15.5. The molecule has 1 fully saturated rings. The van der Waals surface area contributed by atoms with Gasteiger partial charge in [0, 0.05) is 23.9 Å². The minimum atomic E-state index is -0.416. The van der Waals surface area contributed by atoms with Crippen molar-refractivity contribution in [2.24, 2.45) is 0 Å². The van der Waals surface area contributed by atoms with E-state index in [4.69, 9.17) is 9.31 Å². The predicted octanol–water partition coefficient (Wildman–Crippen LogP) is 3.11. The van der Waals surface area contributed by atoms with Crippen molar-refractivity contribution < 1.29 is 14.1 Å². The first-order chi connectivity index (χ1) is 11.7. The van der Waals surface area contributed by atoms with Gasteiger partial charge in [0.1, 0.15) is 0 Å². The number of Topliss-reactive ketones (excluding diaryl/α,β-unsaturated/α-hetero) is 1. The van der Waals surface area contributed by atoms with Crippen LogP contribution in [-0.4, -0.2) is 29.1 Å². The normalized spacial score (nSPS) is 18.4. The third kappa shape index (κ3) is 3.67. The van der Waals surface area contributed by atoms with Crippen LogP contribution in [0.1, 0.15) is 49.3 Å². The Morgan fingerprint density at radius 1 is 1.08 bits per heavy atom. The van der Waals surface area contributed by atoms with Crippen molar-refractivity contribution in [1.82, 2.24) is 4.98 Å². The van der Waals surface area contributed by atoms with E-state index in [-0.39, 0.29) is 17.0 Å². The Balaban J connectivity index is 1.76. The molecule has 0 unspecified atom stereocenters. The molecule has 1 aliphatic heterocycles. The molecule has 5 heteroatoms. The van der Waals surface area contributed by atoms with Crippen molar-refractivity contribution in [1.29, 1.82) is 0 Å². The molecule has 1 saturated heterocycles. The highest BCUT2D eigenvalue weighted by atomic mass is 16.7. The molecular weight excluding hydrogens is 313 g/mol. The Morgan fingerprint density at radius 3 is 2.36 bits per heavy atom. The number of rotatable bonds is 4. The van der Waals surface area contributed by atoms with Crippen molar-refractivity contribution in [3.05, 3.63) is 59.4 Å². The van der Waals surface area contributed by atoms with Crippen molar-refractivity contribution in [3.63, 3.8) is 0 Å². The van der Waals surface area contributed by atoms with Gasteiger partial charge >= 0.3 is 7.12 Å². The van der Waals surface area contributed by atoms with E-state index in [9.17, 15) is 4.79 Å². The van der Waals surface area contributed by atoms with Gasteiger partial charge in [0.25, 0.3) is 0 Å². The third-order valence-electron chi connectivity index (χ3n) is 5.07. The molecule has 0 spiro atoms. The highest BCUT2D eigenvalue weighted by Crippen LogP contribution is 2.36. The fourth-order valence-electron chi connectivity index (χ4n) is 2.75. The van der Waals surface area contributed by atoms with Gasteiger partial charge in [0.05, 0.1) is 11.2 Å². The Kier molecular flexibility index (Phi) is 4.56. The monoisotopic (exact) mass is 337 g/mol. The molecule has 0 bridgehead atoms. The van der Waals surface area contributed by atoms with Gasteiger partial charge in [-0.3, -0.25) is 9.78 Å². The summed E-state index contributed by atoms with van der Waals surface area (Å²) in [6, 6.07) is 11.5. The molecule has 0 saturated carbocycles. The van der Waals surface area contributed by atoms with Gasteiger partial charge < -0.3 is 9.31 Å². The lowest BCUT2D eigenvalue weighted by atomic mass is 9.78. The Labute approximate surface area is 149 Å². The number of hydrogen-bond donors (Lipinski definition) is 0. The Hall–Kier alpha value is -1.98. The van der Waals surface area contributed by atoms with E-state index in [1.807, 2.05) is 71.0 Å². The molecule has 4 nitrogen and oxygen atoms in total. The lowest BCUT2D eigenvalue weighted by Gasteiger charge is -2.32. The molecule has 2 aromatic rings. The number of carbonyl (C=O) groups excluding carboxylic acids is 1. The zero-order valence-electron chi connectivity index (χ0n) is 15.5. The number of benzene rings is 1.